The first kappa shape index (κ1) is 20.2. The molecule has 1 atom stereocenters. The van der Waals surface area contributed by atoms with E-state index in [9.17, 15) is 14.9 Å². The zero-order chi connectivity index (χ0) is 19.8. The summed E-state index contributed by atoms with van der Waals surface area (Å²) in [6.07, 6.45) is 1.46. The number of halogens is 1. The molecule has 2 rings (SSSR count). The topological polar surface area (TPSA) is 99.4 Å². The molecule has 2 aromatic rings. The summed E-state index contributed by atoms with van der Waals surface area (Å²) in [5, 5.41) is 20.8. The van der Waals surface area contributed by atoms with Crippen LogP contribution in [0.1, 0.15) is 24.1 Å². The van der Waals surface area contributed by atoms with Gasteiger partial charge in [0.05, 0.1) is 10.5 Å². The van der Waals surface area contributed by atoms with Crippen LogP contribution in [0.5, 0.6) is 5.75 Å². The van der Waals surface area contributed by atoms with E-state index in [1.807, 2.05) is 43.3 Å². The number of ether oxygens (including phenoxy) is 1. The highest BCUT2D eigenvalue weighted by molar-refractivity contribution is 9.10. The zero-order valence-electron chi connectivity index (χ0n) is 14.5. The highest BCUT2D eigenvalue weighted by Gasteiger charge is 2.14. The molecule has 0 bridgehead atoms. The van der Waals surface area contributed by atoms with Crippen LogP contribution in [0, 0.1) is 11.3 Å². The Morgan fingerprint density at radius 2 is 2.00 bits per heavy atom. The number of nitrogens with zero attached hydrogens (tertiary/aromatic N) is 1. The molecule has 2 N–H and O–H groups in total. The van der Waals surface area contributed by atoms with Crippen LogP contribution >= 0.6 is 15.9 Å². The van der Waals surface area contributed by atoms with Gasteiger partial charge < -0.3 is 15.2 Å². The van der Waals surface area contributed by atoms with Crippen LogP contribution in [-0.4, -0.2) is 23.6 Å². The Labute approximate surface area is 165 Å². The predicted octanol–water partition coefficient (Wildman–Crippen LogP) is 3.70. The molecule has 0 radical (unpaired) electrons. The average Bonchev–Trinajstić information content (AvgIpc) is 2.65. The number of carboxylic acid groups (broad SMARTS) is 1. The summed E-state index contributed by atoms with van der Waals surface area (Å²) in [6.45, 7) is 1.38. The van der Waals surface area contributed by atoms with Crippen molar-refractivity contribution in [2.75, 3.05) is 6.61 Å². The molecule has 0 aromatic heterocycles. The number of rotatable bonds is 7. The van der Waals surface area contributed by atoms with E-state index in [0.29, 0.717) is 15.8 Å². The van der Waals surface area contributed by atoms with Crippen LogP contribution in [0.4, 0.5) is 0 Å². The summed E-state index contributed by atoms with van der Waals surface area (Å²) < 4.78 is 5.64. The van der Waals surface area contributed by atoms with E-state index in [1.165, 1.54) is 6.08 Å². The van der Waals surface area contributed by atoms with Crippen LogP contribution in [0.15, 0.2) is 58.6 Å². The lowest BCUT2D eigenvalue weighted by Gasteiger charge is -2.13. The number of hydrogen-bond donors (Lipinski definition) is 2. The number of carbonyl (C=O) groups excluding carboxylic acids is 1. The maximum absolute atomic E-state index is 12.4. The van der Waals surface area contributed by atoms with Gasteiger partial charge in [0, 0.05) is 0 Å². The van der Waals surface area contributed by atoms with Crippen molar-refractivity contribution < 1.29 is 19.4 Å². The van der Waals surface area contributed by atoms with Gasteiger partial charge in [-0.15, -0.1) is 0 Å². The van der Waals surface area contributed by atoms with Crippen molar-refractivity contribution >= 4 is 33.9 Å². The smallest absolute Gasteiger partial charge is 0.341 e. The van der Waals surface area contributed by atoms with Gasteiger partial charge in [-0.3, -0.25) is 4.79 Å². The minimum Gasteiger partial charge on any atom is -0.481 e. The van der Waals surface area contributed by atoms with Crippen molar-refractivity contribution in [3.05, 3.63) is 69.7 Å². The Morgan fingerprint density at radius 1 is 1.30 bits per heavy atom. The average molecular weight is 429 g/mol. The predicted molar refractivity (Wildman–Crippen MR) is 104 cm³/mol. The van der Waals surface area contributed by atoms with E-state index in [2.05, 4.69) is 21.2 Å². The summed E-state index contributed by atoms with van der Waals surface area (Å²) in [4.78, 5) is 23.0. The van der Waals surface area contributed by atoms with E-state index in [0.717, 1.165) is 5.56 Å². The number of nitriles is 1. The molecule has 0 saturated heterocycles. The van der Waals surface area contributed by atoms with Crippen LogP contribution in [0.25, 0.3) is 6.08 Å². The Bertz CT molecular complexity index is 904. The van der Waals surface area contributed by atoms with Gasteiger partial charge >= 0.3 is 5.97 Å². The lowest BCUT2D eigenvalue weighted by molar-refractivity contribution is -0.139. The second-order valence-corrected chi connectivity index (χ2v) is 6.50. The van der Waals surface area contributed by atoms with Crippen molar-refractivity contribution in [2.24, 2.45) is 0 Å². The summed E-state index contributed by atoms with van der Waals surface area (Å²) in [6, 6.07) is 15.9. The van der Waals surface area contributed by atoms with E-state index < -0.39 is 18.5 Å². The molecule has 0 fully saturated rings. The lowest BCUT2D eigenvalue weighted by atomic mass is 10.1. The monoisotopic (exact) mass is 428 g/mol. The van der Waals surface area contributed by atoms with Crippen molar-refractivity contribution in [1.82, 2.24) is 5.32 Å². The quantitative estimate of drug-likeness (QED) is 0.517. The van der Waals surface area contributed by atoms with Crippen molar-refractivity contribution in [3.63, 3.8) is 0 Å². The first-order valence-corrected chi connectivity index (χ1v) is 8.81. The molecule has 0 aliphatic rings. The maximum atomic E-state index is 12.4. The molecule has 0 aliphatic heterocycles. The molecular formula is C20H17BrN2O4. The first-order valence-electron chi connectivity index (χ1n) is 8.02. The van der Waals surface area contributed by atoms with Crippen molar-refractivity contribution in [3.8, 4) is 11.8 Å². The van der Waals surface area contributed by atoms with Gasteiger partial charge in [0.1, 0.15) is 17.4 Å². The van der Waals surface area contributed by atoms with Gasteiger partial charge in [0.15, 0.2) is 6.61 Å². The molecule has 0 unspecified atom stereocenters. The number of carbonyl (C=O) groups is 2. The largest absolute Gasteiger partial charge is 0.481 e. The van der Waals surface area contributed by atoms with Gasteiger partial charge in [-0.2, -0.15) is 5.26 Å². The van der Waals surface area contributed by atoms with Gasteiger partial charge in [-0.05, 0) is 52.2 Å². The summed E-state index contributed by atoms with van der Waals surface area (Å²) in [7, 11) is 0. The number of amides is 1. The third kappa shape index (κ3) is 5.97. The van der Waals surface area contributed by atoms with Gasteiger partial charge in [0.2, 0.25) is 0 Å². The Hall–Kier alpha value is -3.11. The first-order chi connectivity index (χ1) is 12.9. The lowest BCUT2D eigenvalue weighted by Crippen LogP contribution is -2.27. The second kappa shape index (κ2) is 9.55. The van der Waals surface area contributed by atoms with Crippen LogP contribution in [-0.2, 0) is 9.59 Å². The molecule has 0 heterocycles. The molecule has 0 spiro atoms. The summed E-state index contributed by atoms with van der Waals surface area (Å²) in [5.74, 6) is -1.20. The fourth-order valence-corrected chi connectivity index (χ4v) is 2.79. The molecule has 6 nitrogen and oxygen atoms in total. The second-order valence-electron chi connectivity index (χ2n) is 5.65. The Morgan fingerprint density at radius 3 is 2.59 bits per heavy atom. The normalized spacial score (nSPS) is 12.0. The van der Waals surface area contributed by atoms with Crippen LogP contribution < -0.4 is 10.1 Å². The fraction of sp³-hybridized carbons (Fsp3) is 0.150. The van der Waals surface area contributed by atoms with Crippen LogP contribution in [0.2, 0.25) is 0 Å². The molecular weight excluding hydrogens is 412 g/mol. The molecule has 27 heavy (non-hydrogen) atoms. The number of aliphatic carboxylic acids is 1. The molecule has 0 aliphatic carbocycles. The highest BCUT2D eigenvalue weighted by Crippen LogP contribution is 2.27. The maximum Gasteiger partial charge on any atom is 0.341 e. The summed E-state index contributed by atoms with van der Waals surface area (Å²) in [5.41, 5.74) is 1.50. The minimum absolute atomic E-state index is 0.0381. The Kier molecular flexibility index (Phi) is 7.15. The SMILES string of the molecule is C[C@H](NC(=O)/C(C#N)=C/c1ccc(OCC(=O)O)c(Br)c1)c1ccccc1. The van der Waals surface area contributed by atoms with E-state index in [4.69, 9.17) is 9.84 Å². The standard InChI is InChI=1S/C20H17BrN2O4/c1-13(15-5-3-2-4-6-15)23-20(26)16(11-22)9-14-7-8-18(17(21)10-14)27-12-19(24)25/h2-10,13H,12H2,1H3,(H,23,26)(H,24,25)/b16-9+/t13-/m0/s1. The zero-order valence-corrected chi connectivity index (χ0v) is 16.1. The molecule has 0 saturated carbocycles. The van der Waals surface area contributed by atoms with E-state index in [1.54, 1.807) is 18.2 Å². The fourth-order valence-electron chi connectivity index (χ4n) is 2.28. The van der Waals surface area contributed by atoms with Crippen molar-refractivity contribution in [2.45, 2.75) is 13.0 Å². The third-order valence-corrected chi connectivity index (χ3v) is 4.25. The van der Waals surface area contributed by atoms with Gasteiger partial charge in [0.25, 0.3) is 5.91 Å². The van der Waals surface area contributed by atoms with E-state index in [-0.39, 0.29) is 11.6 Å². The molecule has 138 valence electrons. The Balaban J connectivity index is 2.13. The summed E-state index contributed by atoms with van der Waals surface area (Å²) >= 11 is 3.29. The molecule has 1 amide bonds. The number of hydrogen-bond acceptors (Lipinski definition) is 4. The molecule has 2 aromatic carbocycles. The van der Waals surface area contributed by atoms with Gasteiger partial charge in [-0.25, -0.2) is 4.79 Å². The number of benzene rings is 2. The van der Waals surface area contributed by atoms with E-state index >= 15 is 0 Å². The number of carboxylic acids is 1. The number of nitrogens with one attached hydrogen (secondary N) is 1. The highest BCUT2D eigenvalue weighted by atomic mass is 79.9. The van der Waals surface area contributed by atoms with Crippen molar-refractivity contribution in [1.29, 1.82) is 5.26 Å². The third-order valence-electron chi connectivity index (χ3n) is 3.63. The minimum atomic E-state index is -1.08. The van der Waals surface area contributed by atoms with Crippen LogP contribution in [0.3, 0.4) is 0 Å². The molecule has 7 heteroatoms. The van der Waals surface area contributed by atoms with Gasteiger partial charge in [-0.1, -0.05) is 36.4 Å².